The van der Waals surface area contributed by atoms with Gasteiger partial charge in [0.15, 0.2) is 28.4 Å². The van der Waals surface area contributed by atoms with Crippen molar-refractivity contribution in [2.75, 3.05) is 34.9 Å². The first kappa shape index (κ1) is 93.7. The molecule has 0 atom stereocenters. The number of rotatable bonds is 19. The average molecular weight is 2400 g/mol. The van der Waals surface area contributed by atoms with E-state index < -0.39 is 23.6 Å². The van der Waals surface area contributed by atoms with Crippen molar-refractivity contribution in [3.63, 3.8) is 0 Å². The van der Waals surface area contributed by atoms with Crippen molar-refractivity contribution in [2.24, 2.45) is 0 Å². The fourth-order valence-corrected chi connectivity index (χ4v) is 17.5. The van der Waals surface area contributed by atoms with E-state index in [4.69, 9.17) is 58.0 Å². The number of pyridine rings is 4. The second-order valence-corrected chi connectivity index (χ2v) is 35.6. The molecule has 0 saturated carbocycles. The molecule has 8 aromatic heterocycles. The van der Waals surface area contributed by atoms with Crippen LogP contribution in [-0.4, -0.2) is 132 Å². The summed E-state index contributed by atoms with van der Waals surface area (Å²) in [6.45, 7) is 9.68. The molecule has 12 aromatic rings. The van der Waals surface area contributed by atoms with Crippen molar-refractivity contribution in [3.8, 4) is 23.3 Å². The normalized spacial score (nSPS) is 10.8. The van der Waals surface area contributed by atoms with Gasteiger partial charge in [-0.1, -0.05) is 122 Å². The number of halogens is 16. The largest absolute Gasteiger partial charge is 0.355 e. The molecular weight excluding hydrogens is 2340 g/mol. The molecule has 28 nitrogen and oxygen atoms in total. The van der Waals surface area contributed by atoms with Gasteiger partial charge in [0.1, 0.15) is 36.6 Å². The Balaban J connectivity index is 0.000000178. The van der Waals surface area contributed by atoms with E-state index in [9.17, 15) is 38.4 Å². The molecule has 8 N–H and O–H groups in total. The van der Waals surface area contributed by atoms with Crippen LogP contribution in [0.15, 0.2) is 196 Å². The second kappa shape index (κ2) is 42.8. The molecule has 0 aliphatic heterocycles. The molecule has 0 spiro atoms. The molecule has 8 heterocycles. The topological polar surface area (TPSA) is 356 Å². The molecule has 0 aliphatic rings. The minimum Gasteiger partial charge on any atom is -0.355 e. The Morgan fingerprint density at radius 1 is 0.350 bits per heavy atom. The van der Waals surface area contributed by atoms with E-state index in [0.717, 1.165) is 0 Å². The predicted octanol–water partition coefficient (Wildman–Crippen LogP) is 21.1. The molecule has 44 heteroatoms. The number of hydrogen-bond acceptors (Lipinski definition) is 16. The van der Waals surface area contributed by atoms with Crippen molar-refractivity contribution in [2.45, 2.75) is 46.7 Å². The third-order valence-corrected chi connectivity index (χ3v) is 21.8. The maximum Gasteiger partial charge on any atom is 0.274 e. The fourth-order valence-electron chi connectivity index (χ4n) is 10.1. The van der Waals surface area contributed by atoms with Crippen LogP contribution < -0.4 is 42.5 Å². The lowest BCUT2D eigenvalue weighted by Gasteiger charge is -2.16. The minimum atomic E-state index is -0.544. The number of carbonyl (C=O) groups is 8. The van der Waals surface area contributed by atoms with E-state index in [1.54, 1.807) is 128 Å². The third-order valence-electron chi connectivity index (χ3n) is 15.0. The Morgan fingerprint density at radius 3 is 0.863 bits per heavy atom. The molecule has 0 fully saturated rings. The van der Waals surface area contributed by atoms with Crippen LogP contribution in [0.25, 0.3) is 23.3 Å². The maximum atomic E-state index is 13.1. The summed E-state index contributed by atoms with van der Waals surface area (Å²) in [5, 5.41) is 40.3. The second-order valence-electron chi connectivity index (χ2n) is 24.0. The molecule has 12 rings (SSSR count). The van der Waals surface area contributed by atoms with E-state index in [-0.39, 0.29) is 80.6 Å². The number of anilines is 4. The van der Waals surface area contributed by atoms with Crippen molar-refractivity contribution < 1.29 is 38.4 Å². The van der Waals surface area contributed by atoms with Crippen LogP contribution in [0.4, 0.5) is 22.7 Å². The van der Waals surface area contributed by atoms with Crippen molar-refractivity contribution in [1.29, 1.82) is 0 Å². The van der Waals surface area contributed by atoms with Gasteiger partial charge >= 0.3 is 0 Å². The van der Waals surface area contributed by atoms with Gasteiger partial charge in [0.2, 0.25) is 0 Å². The number of carbonyl (C=O) groups excluding carboxylic acids is 8. The number of nitrogens with one attached hydrogen (secondary N) is 8. The lowest BCUT2D eigenvalue weighted by atomic mass is 10.1. The van der Waals surface area contributed by atoms with Crippen LogP contribution in [0.5, 0.6) is 0 Å². The van der Waals surface area contributed by atoms with Crippen LogP contribution in [0.2, 0.25) is 25.2 Å². The number of benzene rings is 4. The first-order valence-corrected chi connectivity index (χ1v) is 43.9. The fraction of sp³-hybridized carbons (Fsp3) is 0.123. The summed E-state index contributed by atoms with van der Waals surface area (Å²) in [5.41, 5.74) is 3.14. The van der Waals surface area contributed by atoms with Crippen LogP contribution >= 0.6 is 233 Å². The Bertz CT molecular complexity index is 5680. The Labute approximate surface area is 783 Å². The number of hydrogen-bond donors (Lipinski definition) is 8. The molecule has 4 aromatic carbocycles. The van der Waals surface area contributed by atoms with E-state index in [1.807, 2.05) is 34.6 Å². The summed E-state index contributed by atoms with van der Waals surface area (Å²) in [5.74, 6) is -2.14. The highest BCUT2D eigenvalue weighted by molar-refractivity contribution is 9.12. The molecule has 0 saturated heterocycles. The molecule has 606 valence electrons. The lowest BCUT2D eigenvalue weighted by molar-refractivity contribution is 0.0934. The van der Waals surface area contributed by atoms with Crippen molar-refractivity contribution in [1.82, 2.24) is 80.3 Å². The summed E-state index contributed by atoms with van der Waals surface area (Å²) in [6.07, 6.45) is 6.18. The van der Waals surface area contributed by atoms with E-state index in [0.29, 0.717) is 128 Å². The minimum absolute atomic E-state index is 0.0671. The molecule has 0 aliphatic carbocycles. The van der Waals surface area contributed by atoms with E-state index in [2.05, 4.69) is 258 Å². The first-order valence-electron chi connectivity index (χ1n) is 33.3. The smallest absolute Gasteiger partial charge is 0.274 e. The average Bonchev–Trinajstić information content (AvgIpc) is 1.57. The highest BCUT2D eigenvalue weighted by Crippen LogP contribution is 2.38. The van der Waals surface area contributed by atoms with Gasteiger partial charge in [-0.25, -0.2) is 38.7 Å². The lowest BCUT2D eigenvalue weighted by Crippen LogP contribution is -2.31. The SMILES string of the molecule is CC(C)NC(=O)c1cc(Br)cc(Br)c1NC(=O)c1cc(Br)nn1-c1ncccc1Cl.CC(C)NC(=O)c1cc(Br)cc(Br)c1NC(=O)c1cc(Cl)nn1-c1ncccc1Cl.CCNC(=O)c1cc(Br)cc(Br)c1NC(=O)c1cc(Br)nn1-c1ncccc1Cl.CNC(=O)c1cc(Br)cc(Br)c1NC(=O)c1cc(Br)nn1-c1ncccc1Cl. The van der Waals surface area contributed by atoms with Gasteiger partial charge in [0.25, 0.3) is 47.3 Å². The zero-order chi connectivity index (χ0) is 85.5. The first-order chi connectivity index (χ1) is 55.5. The summed E-state index contributed by atoms with van der Waals surface area (Å²) >= 11 is 67.8. The molecule has 0 bridgehead atoms. The molecule has 117 heavy (non-hydrogen) atoms. The van der Waals surface area contributed by atoms with E-state index in [1.165, 1.54) is 44.1 Å². The summed E-state index contributed by atoms with van der Waals surface area (Å²) in [6, 6.07) is 32.6. The number of aromatic nitrogens is 12. The van der Waals surface area contributed by atoms with Gasteiger partial charge in [-0.05, 0) is 243 Å². The van der Waals surface area contributed by atoms with Gasteiger partial charge < -0.3 is 42.5 Å². The van der Waals surface area contributed by atoms with Crippen molar-refractivity contribution >= 4 is 303 Å². The van der Waals surface area contributed by atoms with Crippen molar-refractivity contribution in [3.05, 3.63) is 266 Å². The highest BCUT2D eigenvalue weighted by Gasteiger charge is 2.29. The summed E-state index contributed by atoms with van der Waals surface area (Å²) in [7, 11) is 1.51. The van der Waals surface area contributed by atoms with Crippen LogP contribution in [0, 0.1) is 0 Å². The molecule has 0 radical (unpaired) electrons. The Hall–Kier alpha value is -7.19. The predicted molar refractivity (Wildman–Crippen MR) is 489 cm³/mol. The monoisotopic (exact) mass is 2380 g/mol. The van der Waals surface area contributed by atoms with Crippen LogP contribution in [0.3, 0.4) is 0 Å². The highest BCUT2D eigenvalue weighted by atomic mass is 79.9. The molecule has 0 unspecified atom stereocenters. The summed E-state index contributed by atoms with van der Waals surface area (Å²) < 4.78 is 11.4. The van der Waals surface area contributed by atoms with Gasteiger partial charge in [0, 0.05) is 111 Å². The zero-order valence-electron chi connectivity index (χ0n) is 60.4. The van der Waals surface area contributed by atoms with Gasteiger partial charge in [-0.3, -0.25) is 38.4 Å². The third kappa shape index (κ3) is 24.3. The van der Waals surface area contributed by atoms with Gasteiger partial charge in [0.05, 0.1) is 65.1 Å². The maximum absolute atomic E-state index is 13.1. The Kier molecular flexibility index (Phi) is 34.3. The standard InChI is InChI=1S/C19H15Br3ClN5O2.C19H15Br2Cl2N5O2.C18H13Br3ClN5O2.C17H11Br3ClN5O2/c1-9(2)25-18(29)11-6-10(20)7-12(21)16(11)26-19(30)14-8-15(22)27-28(14)17-13(23)4-3-5-24-17;1-9(2)25-18(29)11-6-10(20)7-12(21)16(11)26-19(30)14-8-15(23)27-28(14)17-13(22)4-3-5-24-17;1-2-23-17(28)10-6-9(19)7-11(20)15(10)25-18(29)13-8-14(21)26-27(13)16-12(22)4-3-5-24-16;1-22-16(27)9-5-8(18)6-10(19)14(9)24-17(28)12-7-13(20)25-26(12)15-11(21)3-2-4-23-15/h2*3-9H,1-2H3,(H,25,29)(H,26,30);3-8H,2H2,1H3,(H,23,28)(H,25,29);2-7H,1H3,(H,22,27)(H,24,28). The van der Waals surface area contributed by atoms with Gasteiger partial charge in [-0.15, -0.1) is 0 Å². The van der Waals surface area contributed by atoms with Gasteiger partial charge in [-0.2, -0.15) is 20.4 Å². The van der Waals surface area contributed by atoms with Crippen LogP contribution in [0.1, 0.15) is 118 Å². The number of nitrogens with zero attached hydrogens (tertiary/aromatic N) is 12. The Morgan fingerprint density at radius 2 is 0.607 bits per heavy atom. The van der Waals surface area contributed by atoms with Crippen LogP contribution in [-0.2, 0) is 0 Å². The molecule has 8 amide bonds. The quantitative estimate of drug-likeness (QED) is 0.0373. The number of amides is 8. The van der Waals surface area contributed by atoms with E-state index >= 15 is 0 Å². The zero-order valence-corrected chi connectivity index (χ0v) is 81.6. The summed E-state index contributed by atoms with van der Waals surface area (Å²) in [4.78, 5) is 119. The molecular formula is C73H54Br11Cl5N20O8.